The molecule has 0 radical (unpaired) electrons. The molecule has 0 saturated carbocycles. The van der Waals surface area contributed by atoms with Crippen LogP contribution in [0.15, 0.2) is 18.2 Å². The molecule has 1 atom stereocenters. The Bertz CT molecular complexity index is 411. The van der Waals surface area contributed by atoms with Crippen molar-refractivity contribution >= 4 is 5.69 Å². The topological polar surface area (TPSA) is 35.2 Å². The zero-order valence-electron chi connectivity index (χ0n) is 9.96. The lowest BCUT2D eigenvalue weighted by Crippen LogP contribution is -2.20. The van der Waals surface area contributed by atoms with E-state index in [2.05, 4.69) is 0 Å². The molecule has 2 rings (SSSR count). The summed E-state index contributed by atoms with van der Waals surface area (Å²) in [6.45, 7) is 1.35. The Morgan fingerprint density at radius 1 is 1.33 bits per heavy atom. The van der Waals surface area contributed by atoms with Crippen molar-refractivity contribution in [3.05, 3.63) is 29.3 Å². The molecular weight excluding hydrogens is 243 g/mol. The Morgan fingerprint density at radius 3 is 2.72 bits per heavy atom. The Kier molecular flexibility index (Phi) is 3.80. The molecule has 100 valence electrons. The van der Waals surface area contributed by atoms with Crippen LogP contribution in [0.4, 0.5) is 18.9 Å². The summed E-state index contributed by atoms with van der Waals surface area (Å²) < 4.78 is 43.2. The van der Waals surface area contributed by atoms with Gasteiger partial charge in [0.15, 0.2) is 0 Å². The van der Waals surface area contributed by atoms with Crippen molar-refractivity contribution in [1.82, 2.24) is 0 Å². The smallest absolute Gasteiger partial charge is 0.399 e. The summed E-state index contributed by atoms with van der Waals surface area (Å²) in [5.74, 6) is 0.268. The maximum atomic E-state index is 12.6. The van der Waals surface area contributed by atoms with E-state index in [0.717, 1.165) is 31.6 Å². The summed E-state index contributed by atoms with van der Waals surface area (Å²) in [6, 6.07) is 3.52. The van der Waals surface area contributed by atoms with Crippen LogP contribution in [0.3, 0.4) is 0 Å². The number of halogens is 3. The maximum absolute atomic E-state index is 12.6. The maximum Gasteiger partial charge on any atom is 0.416 e. The van der Waals surface area contributed by atoms with Gasteiger partial charge in [-0.25, -0.2) is 0 Å². The first kappa shape index (κ1) is 13.2. The van der Waals surface area contributed by atoms with Gasteiger partial charge in [-0.15, -0.1) is 0 Å². The molecular formula is C13H16F3NO. The Hall–Kier alpha value is -1.23. The third-order valence-corrected chi connectivity index (χ3v) is 3.23. The van der Waals surface area contributed by atoms with Gasteiger partial charge in [0.1, 0.15) is 0 Å². The quantitative estimate of drug-likeness (QED) is 0.827. The lowest BCUT2D eigenvalue weighted by atomic mass is 9.92. The monoisotopic (exact) mass is 259 g/mol. The van der Waals surface area contributed by atoms with Crippen LogP contribution >= 0.6 is 0 Å². The van der Waals surface area contributed by atoms with Crippen molar-refractivity contribution in [2.45, 2.75) is 25.4 Å². The van der Waals surface area contributed by atoms with Gasteiger partial charge in [-0.1, -0.05) is 0 Å². The molecule has 0 bridgehead atoms. The van der Waals surface area contributed by atoms with Crippen LogP contribution in [0.5, 0.6) is 0 Å². The van der Waals surface area contributed by atoms with Crippen molar-refractivity contribution in [3.63, 3.8) is 0 Å². The third kappa shape index (κ3) is 3.16. The van der Waals surface area contributed by atoms with Gasteiger partial charge in [0.05, 0.1) is 5.56 Å². The van der Waals surface area contributed by atoms with Crippen LogP contribution in [0.2, 0.25) is 0 Å². The van der Waals surface area contributed by atoms with Gasteiger partial charge in [-0.3, -0.25) is 0 Å². The molecule has 0 aromatic heterocycles. The highest BCUT2D eigenvalue weighted by Gasteiger charge is 2.31. The van der Waals surface area contributed by atoms with Gasteiger partial charge in [0.2, 0.25) is 0 Å². The van der Waals surface area contributed by atoms with E-state index in [9.17, 15) is 13.2 Å². The molecule has 1 saturated heterocycles. The van der Waals surface area contributed by atoms with Crippen molar-refractivity contribution in [1.29, 1.82) is 0 Å². The first-order valence-electron chi connectivity index (χ1n) is 6.00. The molecule has 1 unspecified atom stereocenters. The number of ether oxygens (including phenoxy) is 1. The number of nitrogen functional groups attached to an aromatic ring is 1. The second-order valence-corrected chi connectivity index (χ2v) is 4.70. The molecule has 1 fully saturated rings. The Labute approximate surface area is 104 Å². The molecule has 2 nitrogen and oxygen atoms in total. The lowest BCUT2D eigenvalue weighted by Gasteiger charge is -2.23. The minimum atomic E-state index is -4.31. The van der Waals surface area contributed by atoms with Crippen LogP contribution < -0.4 is 5.73 Å². The van der Waals surface area contributed by atoms with E-state index in [1.807, 2.05) is 0 Å². The highest BCUT2D eigenvalue weighted by molar-refractivity contribution is 5.49. The van der Waals surface area contributed by atoms with Crippen LogP contribution in [-0.4, -0.2) is 13.2 Å². The number of benzene rings is 1. The van der Waals surface area contributed by atoms with Crippen LogP contribution in [0.1, 0.15) is 24.0 Å². The first-order chi connectivity index (χ1) is 8.47. The van der Waals surface area contributed by atoms with Crippen molar-refractivity contribution in [3.8, 4) is 0 Å². The number of hydrogen-bond acceptors (Lipinski definition) is 2. The molecule has 5 heteroatoms. The third-order valence-electron chi connectivity index (χ3n) is 3.23. The van der Waals surface area contributed by atoms with E-state index >= 15 is 0 Å². The fourth-order valence-corrected chi connectivity index (χ4v) is 2.24. The SMILES string of the molecule is Nc1ccc(C(F)(F)F)cc1CC1CCCOC1. The molecule has 0 amide bonds. The van der Waals surface area contributed by atoms with E-state index < -0.39 is 11.7 Å². The standard InChI is InChI=1S/C13H16F3NO/c14-13(15,16)11-3-4-12(17)10(7-11)6-9-2-1-5-18-8-9/h3-4,7,9H,1-2,5-6,8,17H2. The molecule has 18 heavy (non-hydrogen) atoms. The number of nitrogens with two attached hydrogens (primary N) is 1. The minimum absolute atomic E-state index is 0.268. The Balaban J connectivity index is 2.15. The molecule has 1 aliphatic rings. The van der Waals surface area contributed by atoms with E-state index in [1.165, 1.54) is 6.07 Å². The van der Waals surface area contributed by atoms with E-state index in [4.69, 9.17) is 10.5 Å². The highest BCUT2D eigenvalue weighted by atomic mass is 19.4. The van der Waals surface area contributed by atoms with E-state index in [0.29, 0.717) is 24.3 Å². The average Bonchev–Trinajstić information content (AvgIpc) is 2.32. The van der Waals surface area contributed by atoms with Crippen LogP contribution in [0, 0.1) is 5.92 Å². The molecule has 0 aliphatic carbocycles. The van der Waals surface area contributed by atoms with Gasteiger partial charge < -0.3 is 10.5 Å². The highest BCUT2D eigenvalue weighted by Crippen LogP contribution is 2.32. The zero-order valence-corrected chi connectivity index (χ0v) is 9.96. The second kappa shape index (κ2) is 5.18. The van der Waals surface area contributed by atoms with Crippen molar-refractivity contribution < 1.29 is 17.9 Å². The summed E-state index contributed by atoms with van der Waals surface area (Å²) >= 11 is 0. The minimum Gasteiger partial charge on any atom is -0.399 e. The van der Waals surface area contributed by atoms with Crippen LogP contribution in [-0.2, 0) is 17.3 Å². The molecule has 1 aromatic rings. The number of hydrogen-bond donors (Lipinski definition) is 1. The van der Waals surface area contributed by atoms with Gasteiger partial charge in [-0.05, 0) is 48.9 Å². The predicted octanol–water partition coefficient (Wildman–Crippen LogP) is 3.26. The summed E-state index contributed by atoms with van der Waals surface area (Å²) in [5, 5.41) is 0. The van der Waals surface area contributed by atoms with Gasteiger partial charge in [0.25, 0.3) is 0 Å². The second-order valence-electron chi connectivity index (χ2n) is 4.70. The molecule has 0 spiro atoms. The van der Waals surface area contributed by atoms with Gasteiger partial charge in [-0.2, -0.15) is 13.2 Å². The number of anilines is 1. The number of rotatable bonds is 2. The van der Waals surface area contributed by atoms with Crippen LogP contribution in [0.25, 0.3) is 0 Å². The fourth-order valence-electron chi connectivity index (χ4n) is 2.24. The van der Waals surface area contributed by atoms with Gasteiger partial charge in [0, 0.05) is 18.9 Å². The van der Waals surface area contributed by atoms with Crippen molar-refractivity contribution in [2.75, 3.05) is 18.9 Å². The molecule has 1 heterocycles. The lowest BCUT2D eigenvalue weighted by molar-refractivity contribution is -0.137. The largest absolute Gasteiger partial charge is 0.416 e. The van der Waals surface area contributed by atoms with Gasteiger partial charge >= 0.3 is 6.18 Å². The first-order valence-corrected chi connectivity index (χ1v) is 6.00. The molecule has 2 N–H and O–H groups in total. The van der Waals surface area contributed by atoms with E-state index in [1.54, 1.807) is 0 Å². The normalized spacial score (nSPS) is 20.9. The average molecular weight is 259 g/mol. The molecule has 1 aromatic carbocycles. The predicted molar refractivity (Wildman–Crippen MR) is 63.1 cm³/mol. The zero-order chi connectivity index (χ0) is 13.2. The Morgan fingerprint density at radius 2 is 2.11 bits per heavy atom. The molecule has 1 aliphatic heterocycles. The van der Waals surface area contributed by atoms with E-state index in [-0.39, 0.29) is 5.92 Å². The summed E-state index contributed by atoms with van der Waals surface area (Å²) in [4.78, 5) is 0. The summed E-state index contributed by atoms with van der Waals surface area (Å²) in [6.07, 6.45) is -1.82. The fraction of sp³-hybridized carbons (Fsp3) is 0.538. The van der Waals surface area contributed by atoms with Crippen molar-refractivity contribution in [2.24, 2.45) is 5.92 Å². The summed E-state index contributed by atoms with van der Waals surface area (Å²) in [7, 11) is 0. The summed E-state index contributed by atoms with van der Waals surface area (Å²) in [5.41, 5.74) is 6.10. The number of alkyl halides is 3.